The zero-order chi connectivity index (χ0) is 13.1. The van der Waals surface area contributed by atoms with Crippen LogP contribution in [0.1, 0.15) is 66.2 Å². The molecule has 0 aromatic carbocycles. The van der Waals surface area contributed by atoms with E-state index >= 15 is 0 Å². The van der Waals surface area contributed by atoms with Gasteiger partial charge in [-0.15, -0.1) is 0 Å². The molecule has 1 aliphatic carbocycles. The molecule has 0 unspecified atom stereocenters. The van der Waals surface area contributed by atoms with Crippen LogP contribution >= 0.6 is 0 Å². The molecule has 0 aromatic rings. The molecular formula is C17H28. The lowest BCUT2D eigenvalue weighted by Crippen LogP contribution is -2.18. The average molecular weight is 232 g/mol. The largest absolute Gasteiger partial charge is 0.0952 e. The molecular weight excluding hydrogens is 204 g/mol. The van der Waals surface area contributed by atoms with Crippen LogP contribution in [-0.2, 0) is 0 Å². The summed E-state index contributed by atoms with van der Waals surface area (Å²) in [6.07, 6.45) is 7.26. The predicted molar refractivity (Wildman–Crippen MR) is 78.1 cm³/mol. The zero-order valence-electron chi connectivity index (χ0n) is 12.2. The second-order valence-corrected chi connectivity index (χ2v) is 5.60. The number of rotatable bonds is 4. The third-order valence-electron chi connectivity index (χ3n) is 4.66. The standard InChI is InChI=1S/C17H28/c1-7-13(4)16-14(5)10-11-17(8-2,9-3)12-15(16)6/h4-5,7-12H2,1-3,6H3. The number of hydrogen-bond acceptors (Lipinski definition) is 0. The van der Waals surface area contributed by atoms with E-state index in [4.69, 9.17) is 0 Å². The molecule has 96 valence electrons. The number of allylic oxidation sites excluding steroid dienone is 4. The van der Waals surface area contributed by atoms with E-state index in [1.54, 1.807) is 0 Å². The van der Waals surface area contributed by atoms with Crippen LogP contribution < -0.4 is 0 Å². The highest BCUT2D eigenvalue weighted by molar-refractivity contribution is 5.48. The fourth-order valence-electron chi connectivity index (χ4n) is 3.16. The third-order valence-corrected chi connectivity index (χ3v) is 4.66. The maximum absolute atomic E-state index is 4.29. The normalized spacial score (nSPS) is 20.4. The van der Waals surface area contributed by atoms with Gasteiger partial charge in [0.2, 0.25) is 0 Å². The molecule has 0 N–H and O–H groups in total. The van der Waals surface area contributed by atoms with Gasteiger partial charge in [0.05, 0.1) is 0 Å². The Hall–Kier alpha value is -0.780. The summed E-state index contributed by atoms with van der Waals surface area (Å²) in [5.41, 5.74) is 6.01. The summed E-state index contributed by atoms with van der Waals surface area (Å²) in [4.78, 5) is 0. The van der Waals surface area contributed by atoms with Crippen LogP contribution in [0, 0.1) is 5.41 Å². The van der Waals surface area contributed by atoms with Crippen molar-refractivity contribution in [2.24, 2.45) is 5.41 Å². The highest BCUT2D eigenvalue weighted by atomic mass is 14.4. The Kier molecular flexibility index (Phi) is 4.80. The predicted octanol–water partition coefficient (Wildman–Crippen LogP) is 5.82. The lowest BCUT2D eigenvalue weighted by atomic mass is 9.74. The average Bonchev–Trinajstić information content (AvgIpc) is 2.46. The van der Waals surface area contributed by atoms with Gasteiger partial charge in [-0.3, -0.25) is 0 Å². The Balaban J connectivity index is 3.11. The van der Waals surface area contributed by atoms with Gasteiger partial charge in [-0.2, -0.15) is 0 Å². The van der Waals surface area contributed by atoms with E-state index in [9.17, 15) is 0 Å². The first-order chi connectivity index (χ1) is 7.99. The Morgan fingerprint density at radius 2 is 1.82 bits per heavy atom. The van der Waals surface area contributed by atoms with E-state index in [-0.39, 0.29) is 0 Å². The minimum atomic E-state index is 0.503. The van der Waals surface area contributed by atoms with Crippen LogP contribution in [0.25, 0.3) is 0 Å². The molecule has 1 rings (SSSR count). The minimum Gasteiger partial charge on any atom is -0.0952 e. The van der Waals surface area contributed by atoms with Crippen molar-refractivity contribution in [2.45, 2.75) is 66.2 Å². The molecule has 0 saturated heterocycles. The Morgan fingerprint density at radius 3 is 2.29 bits per heavy atom. The van der Waals surface area contributed by atoms with Gasteiger partial charge in [0.25, 0.3) is 0 Å². The van der Waals surface area contributed by atoms with Crippen molar-refractivity contribution >= 4 is 0 Å². The van der Waals surface area contributed by atoms with Crippen LogP contribution in [0.5, 0.6) is 0 Å². The number of hydrogen-bond donors (Lipinski definition) is 0. The highest BCUT2D eigenvalue weighted by Crippen LogP contribution is 2.45. The molecule has 0 bridgehead atoms. The molecule has 0 nitrogen and oxygen atoms in total. The highest BCUT2D eigenvalue weighted by Gasteiger charge is 2.30. The molecule has 17 heavy (non-hydrogen) atoms. The van der Waals surface area contributed by atoms with Crippen LogP contribution in [0.15, 0.2) is 35.5 Å². The summed E-state index contributed by atoms with van der Waals surface area (Å²) in [5.74, 6) is 0. The van der Waals surface area contributed by atoms with Crippen LogP contribution in [0.3, 0.4) is 0 Å². The Labute approximate surface area is 108 Å². The summed E-state index contributed by atoms with van der Waals surface area (Å²) in [6.45, 7) is 17.6. The molecule has 0 saturated carbocycles. The van der Waals surface area contributed by atoms with Crippen molar-refractivity contribution in [3.05, 3.63) is 35.5 Å². The van der Waals surface area contributed by atoms with Crippen molar-refractivity contribution in [1.29, 1.82) is 0 Å². The molecule has 0 heteroatoms. The van der Waals surface area contributed by atoms with E-state index < -0.39 is 0 Å². The smallest absolute Gasteiger partial charge is 0.0215 e. The van der Waals surface area contributed by atoms with E-state index in [0.29, 0.717) is 5.41 Å². The summed E-state index contributed by atoms with van der Waals surface area (Å²) in [7, 11) is 0. The van der Waals surface area contributed by atoms with Crippen molar-refractivity contribution in [3.63, 3.8) is 0 Å². The van der Waals surface area contributed by atoms with Gasteiger partial charge >= 0.3 is 0 Å². The van der Waals surface area contributed by atoms with E-state index in [2.05, 4.69) is 40.9 Å². The first-order valence-corrected chi connectivity index (χ1v) is 7.05. The maximum Gasteiger partial charge on any atom is -0.0215 e. The zero-order valence-corrected chi connectivity index (χ0v) is 12.2. The van der Waals surface area contributed by atoms with Crippen molar-refractivity contribution in [2.75, 3.05) is 0 Å². The van der Waals surface area contributed by atoms with E-state index in [1.165, 1.54) is 48.0 Å². The maximum atomic E-state index is 4.29. The van der Waals surface area contributed by atoms with Gasteiger partial charge in [0.15, 0.2) is 0 Å². The molecule has 0 spiro atoms. The summed E-state index contributed by atoms with van der Waals surface area (Å²) in [6, 6.07) is 0. The van der Waals surface area contributed by atoms with Crippen LogP contribution in [-0.4, -0.2) is 0 Å². The third kappa shape index (κ3) is 2.91. The van der Waals surface area contributed by atoms with E-state index in [1.807, 2.05) is 0 Å². The van der Waals surface area contributed by atoms with Gasteiger partial charge in [0, 0.05) is 0 Å². The van der Waals surface area contributed by atoms with Crippen LogP contribution in [0.4, 0.5) is 0 Å². The molecule has 0 atom stereocenters. The topological polar surface area (TPSA) is 0 Å². The summed E-state index contributed by atoms with van der Waals surface area (Å²) >= 11 is 0. The summed E-state index contributed by atoms with van der Waals surface area (Å²) in [5, 5.41) is 0. The molecule has 0 radical (unpaired) electrons. The fraction of sp³-hybridized carbons (Fsp3) is 0.647. The molecule has 1 aliphatic rings. The monoisotopic (exact) mass is 232 g/mol. The first kappa shape index (κ1) is 14.3. The SMILES string of the molecule is C=C(CC)C1=C(C)CC(CC)(CC)CCC1=C. The van der Waals surface area contributed by atoms with Gasteiger partial charge in [-0.25, -0.2) is 0 Å². The first-order valence-electron chi connectivity index (χ1n) is 7.05. The second-order valence-electron chi connectivity index (χ2n) is 5.60. The Bertz CT molecular complexity index is 337. The van der Waals surface area contributed by atoms with E-state index in [0.717, 1.165) is 12.8 Å². The van der Waals surface area contributed by atoms with Gasteiger partial charge in [-0.05, 0) is 54.7 Å². The second kappa shape index (κ2) is 5.71. The lowest BCUT2D eigenvalue weighted by Gasteiger charge is -2.30. The van der Waals surface area contributed by atoms with Gasteiger partial charge in [0.1, 0.15) is 0 Å². The lowest BCUT2D eigenvalue weighted by molar-refractivity contribution is 0.241. The van der Waals surface area contributed by atoms with Crippen LogP contribution in [0.2, 0.25) is 0 Å². The molecule has 0 heterocycles. The summed E-state index contributed by atoms with van der Waals surface area (Å²) < 4.78 is 0. The molecule has 0 aliphatic heterocycles. The molecule has 0 aromatic heterocycles. The van der Waals surface area contributed by atoms with Gasteiger partial charge in [-0.1, -0.05) is 52.3 Å². The Morgan fingerprint density at radius 1 is 1.24 bits per heavy atom. The van der Waals surface area contributed by atoms with Crippen molar-refractivity contribution < 1.29 is 0 Å². The van der Waals surface area contributed by atoms with Crippen molar-refractivity contribution in [3.8, 4) is 0 Å². The molecule has 0 fully saturated rings. The molecule has 0 amide bonds. The van der Waals surface area contributed by atoms with Crippen molar-refractivity contribution in [1.82, 2.24) is 0 Å². The fourth-order valence-corrected chi connectivity index (χ4v) is 3.16. The van der Waals surface area contributed by atoms with Gasteiger partial charge < -0.3 is 0 Å². The quantitative estimate of drug-likeness (QED) is 0.573. The minimum absolute atomic E-state index is 0.503.